The minimum atomic E-state index is 0.530. The smallest absolute Gasteiger partial charge is 0.123 e. The predicted octanol–water partition coefficient (Wildman–Crippen LogP) is 1.16. The van der Waals surface area contributed by atoms with Crippen molar-refractivity contribution in [2.45, 2.75) is 19.0 Å². The van der Waals surface area contributed by atoms with Gasteiger partial charge in [-0.3, -0.25) is 4.90 Å². The van der Waals surface area contributed by atoms with E-state index < -0.39 is 0 Å². The summed E-state index contributed by atoms with van der Waals surface area (Å²) in [5.41, 5.74) is 6.78. The summed E-state index contributed by atoms with van der Waals surface area (Å²) in [6, 6.07) is 8.70. The van der Waals surface area contributed by atoms with Crippen LogP contribution in [0.5, 0.6) is 5.75 Å². The van der Waals surface area contributed by atoms with Crippen LogP contribution in [0.3, 0.4) is 0 Å². The summed E-state index contributed by atoms with van der Waals surface area (Å²) in [6.45, 7) is 4.57. The van der Waals surface area contributed by atoms with Crippen LogP contribution in [0.25, 0.3) is 0 Å². The third kappa shape index (κ3) is 3.93. The molecule has 0 radical (unpaired) electrons. The molecule has 0 saturated carbocycles. The average molecular weight is 263 g/mol. The van der Waals surface area contributed by atoms with Crippen molar-refractivity contribution in [3.8, 4) is 5.75 Å². The van der Waals surface area contributed by atoms with E-state index in [1.165, 1.54) is 13.0 Å². The molecule has 106 valence electrons. The lowest BCUT2D eigenvalue weighted by Gasteiger charge is -2.20. The molecule has 1 fully saturated rings. The van der Waals surface area contributed by atoms with Gasteiger partial charge in [-0.2, -0.15) is 0 Å². The van der Waals surface area contributed by atoms with Crippen molar-refractivity contribution in [1.82, 2.24) is 9.80 Å². The maximum Gasteiger partial charge on any atom is 0.123 e. The number of likely N-dealkylation sites (N-methyl/N-ethyl adjacent to an activating group) is 1. The molecule has 0 amide bonds. The molecule has 1 atom stereocenters. The quantitative estimate of drug-likeness (QED) is 0.836. The molecule has 1 aliphatic rings. The molecule has 0 aromatic heterocycles. The largest absolute Gasteiger partial charge is 0.492 e. The highest BCUT2D eigenvalue weighted by Gasteiger charge is 2.23. The Hall–Kier alpha value is -1.10. The van der Waals surface area contributed by atoms with Crippen molar-refractivity contribution < 1.29 is 4.74 Å². The van der Waals surface area contributed by atoms with Gasteiger partial charge < -0.3 is 15.4 Å². The first-order chi connectivity index (χ1) is 9.20. The molecule has 4 heteroatoms. The molecule has 1 aromatic carbocycles. The van der Waals surface area contributed by atoms with Gasteiger partial charge in [0.2, 0.25) is 0 Å². The molecule has 0 bridgehead atoms. The fraction of sp³-hybridized carbons (Fsp3) is 0.600. The van der Waals surface area contributed by atoms with Crippen LogP contribution in [0.2, 0.25) is 0 Å². The van der Waals surface area contributed by atoms with Gasteiger partial charge in [-0.15, -0.1) is 0 Å². The Kier molecular flexibility index (Phi) is 5.19. The molecule has 1 aromatic rings. The van der Waals surface area contributed by atoms with Crippen molar-refractivity contribution >= 4 is 0 Å². The van der Waals surface area contributed by atoms with Crippen molar-refractivity contribution in [1.29, 1.82) is 0 Å². The minimum absolute atomic E-state index is 0.530. The van der Waals surface area contributed by atoms with Gasteiger partial charge in [-0.1, -0.05) is 18.2 Å². The van der Waals surface area contributed by atoms with E-state index in [4.69, 9.17) is 10.5 Å². The number of para-hydroxylation sites is 1. The summed E-state index contributed by atoms with van der Waals surface area (Å²) in [5, 5.41) is 0. The van der Waals surface area contributed by atoms with Crippen LogP contribution in [-0.2, 0) is 6.54 Å². The predicted molar refractivity (Wildman–Crippen MR) is 78.4 cm³/mol. The van der Waals surface area contributed by atoms with E-state index >= 15 is 0 Å². The van der Waals surface area contributed by atoms with Gasteiger partial charge in [0.1, 0.15) is 12.4 Å². The van der Waals surface area contributed by atoms with Gasteiger partial charge in [-0.05, 0) is 33.1 Å². The fourth-order valence-corrected chi connectivity index (χ4v) is 2.53. The highest BCUT2D eigenvalue weighted by Crippen LogP contribution is 2.17. The zero-order valence-electron chi connectivity index (χ0n) is 12.0. The maximum absolute atomic E-state index is 5.85. The average Bonchev–Trinajstić information content (AvgIpc) is 2.88. The van der Waals surface area contributed by atoms with E-state index in [0.29, 0.717) is 12.6 Å². The Labute approximate surface area is 116 Å². The monoisotopic (exact) mass is 263 g/mol. The minimum Gasteiger partial charge on any atom is -0.492 e. The third-order valence-corrected chi connectivity index (χ3v) is 3.84. The second kappa shape index (κ2) is 6.89. The van der Waals surface area contributed by atoms with Crippen molar-refractivity contribution in [3.05, 3.63) is 29.8 Å². The first-order valence-electron chi connectivity index (χ1n) is 7.00. The van der Waals surface area contributed by atoms with Crippen molar-refractivity contribution in [2.24, 2.45) is 5.73 Å². The standard InChI is InChI=1S/C15H25N3O/c1-17(2)14-7-8-18(12-14)9-10-19-15-6-4-3-5-13(15)11-16/h3-6,14H,7-12,16H2,1-2H3. The van der Waals surface area contributed by atoms with Gasteiger partial charge in [0, 0.05) is 31.2 Å². The molecule has 4 nitrogen and oxygen atoms in total. The summed E-state index contributed by atoms with van der Waals surface area (Å²) in [4.78, 5) is 4.78. The van der Waals surface area contributed by atoms with E-state index in [1.54, 1.807) is 0 Å². The van der Waals surface area contributed by atoms with Crippen LogP contribution in [-0.4, -0.2) is 56.2 Å². The zero-order valence-corrected chi connectivity index (χ0v) is 12.0. The first kappa shape index (κ1) is 14.3. The summed E-state index contributed by atoms with van der Waals surface area (Å²) < 4.78 is 5.85. The van der Waals surface area contributed by atoms with Gasteiger partial charge in [0.25, 0.3) is 0 Å². The summed E-state index contributed by atoms with van der Waals surface area (Å²) >= 11 is 0. The number of benzene rings is 1. The maximum atomic E-state index is 5.85. The number of hydrogen-bond donors (Lipinski definition) is 1. The number of hydrogen-bond acceptors (Lipinski definition) is 4. The van der Waals surface area contributed by atoms with Crippen LogP contribution >= 0.6 is 0 Å². The zero-order chi connectivity index (χ0) is 13.7. The van der Waals surface area contributed by atoms with Gasteiger partial charge >= 0.3 is 0 Å². The van der Waals surface area contributed by atoms with E-state index in [1.807, 2.05) is 24.3 Å². The van der Waals surface area contributed by atoms with Gasteiger partial charge in [0.15, 0.2) is 0 Å². The van der Waals surface area contributed by atoms with Crippen LogP contribution in [0, 0.1) is 0 Å². The van der Waals surface area contributed by atoms with Gasteiger partial charge in [-0.25, -0.2) is 0 Å². The SMILES string of the molecule is CN(C)C1CCN(CCOc2ccccc2CN)C1. The molecule has 1 heterocycles. The Morgan fingerprint density at radius 1 is 1.37 bits per heavy atom. The van der Waals surface area contributed by atoms with Crippen LogP contribution < -0.4 is 10.5 Å². The molecule has 0 aliphatic carbocycles. The molecule has 0 spiro atoms. The van der Waals surface area contributed by atoms with E-state index in [2.05, 4.69) is 23.9 Å². The molecule has 1 saturated heterocycles. The van der Waals surface area contributed by atoms with Crippen molar-refractivity contribution in [2.75, 3.05) is 40.3 Å². The lowest BCUT2D eigenvalue weighted by molar-refractivity contribution is 0.220. The molecule has 2 N–H and O–H groups in total. The van der Waals surface area contributed by atoms with E-state index in [0.717, 1.165) is 31.0 Å². The molecule has 2 rings (SSSR count). The van der Waals surface area contributed by atoms with Crippen LogP contribution in [0.15, 0.2) is 24.3 Å². The Morgan fingerprint density at radius 2 is 2.16 bits per heavy atom. The fourth-order valence-electron chi connectivity index (χ4n) is 2.53. The lowest BCUT2D eigenvalue weighted by atomic mass is 10.2. The number of ether oxygens (including phenoxy) is 1. The van der Waals surface area contributed by atoms with E-state index in [-0.39, 0.29) is 0 Å². The number of nitrogens with two attached hydrogens (primary N) is 1. The highest BCUT2D eigenvalue weighted by molar-refractivity contribution is 5.32. The molecule has 19 heavy (non-hydrogen) atoms. The third-order valence-electron chi connectivity index (χ3n) is 3.84. The number of likely N-dealkylation sites (tertiary alicyclic amines) is 1. The molecule has 1 unspecified atom stereocenters. The van der Waals surface area contributed by atoms with Crippen molar-refractivity contribution in [3.63, 3.8) is 0 Å². The highest BCUT2D eigenvalue weighted by atomic mass is 16.5. The molecule has 1 aliphatic heterocycles. The Morgan fingerprint density at radius 3 is 2.84 bits per heavy atom. The van der Waals surface area contributed by atoms with Crippen LogP contribution in [0.1, 0.15) is 12.0 Å². The summed E-state index contributed by atoms with van der Waals surface area (Å²) in [5.74, 6) is 0.924. The van der Waals surface area contributed by atoms with Crippen LogP contribution in [0.4, 0.5) is 0 Å². The number of rotatable bonds is 6. The Bertz CT molecular complexity index is 395. The van der Waals surface area contributed by atoms with E-state index in [9.17, 15) is 0 Å². The molecular weight excluding hydrogens is 238 g/mol. The first-order valence-corrected chi connectivity index (χ1v) is 7.00. The number of nitrogens with zero attached hydrogens (tertiary/aromatic N) is 2. The van der Waals surface area contributed by atoms with Gasteiger partial charge in [0.05, 0.1) is 0 Å². The second-order valence-electron chi connectivity index (χ2n) is 5.37. The lowest BCUT2D eigenvalue weighted by Crippen LogP contribution is -2.33. The normalized spacial score (nSPS) is 20.1. The molecular formula is C15H25N3O. The summed E-state index contributed by atoms with van der Waals surface area (Å²) in [7, 11) is 4.31. The Balaban J connectivity index is 1.75. The summed E-state index contributed by atoms with van der Waals surface area (Å²) in [6.07, 6.45) is 1.26. The topological polar surface area (TPSA) is 41.7 Å². The second-order valence-corrected chi connectivity index (χ2v) is 5.37.